The highest BCUT2D eigenvalue weighted by atomic mass is 16.4. The summed E-state index contributed by atoms with van der Waals surface area (Å²) in [5, 5.41) is 13.3. The van der Waals surface area contributed by atoms with Crippen molar-refractivity contribution < 1.29 is 19.5 Å². The van der Waals surface area contributed by atoms with Crippen LogP contribution in [0.1, 0.15) is 18.4 Å². The molecular formula is C20H24N4O4. The van der Waals surface area contributed by atoms with Crippen LogP contribution in [0.4, 0.5) is 0 Å². The minimum absolute atomic E-state index is 0.0451. The molecule has 0 aliphatic carbocycles. The van der Waals surface area contributed by atoms with Crippen molar-refractivity contribution in [1.29, 1.82) is 0 Å². The summed E-state index contributed by atoms with van der Waals surface area (Å²) in [6, 6.07) is 9.35. The molecule has 2 amide bonds. The molecule has 1 fully saturated rings. The summed E-state index contributed by atoms with van der Waals surface area (Å²) in [5.41, 5.74) is 1.76. The highest BCUT2D eigenvalue weighted by Gasteiger charge is 2.28. The molecule has 0 radical (unpaired) electrons. The van der Waals surface area contributed by atoms with Crippen LogP contribution in [0.2, 0.25) is 0 Å². The van der Waals surface area contributed by atoms with Gasteiger partial charge in [-0.05, 0) is 36.6 Å². The number of likely N-dealkylation sites (N-methyl/N-ethyl adjacent to an activating group) is 1. The molecule has 0 spiro atoms. The predicted octanol–water partition coefficient (Wildman–Crippen LogP) is 1.20. The number of hydrogen-bond donors (Lipinski definition) is 1. The van der Waals surface area contributed by atoms with Crippen molar-refractivity contribution >= 4 is 17.8 Å². The van der Waals surface area contributed by atoms with Gasteiger partial charge in [0.25, 0.3) is 0 Å². The van der Waals surface area contributed by atoms with Crippen molar-refractivity contribution in [2.24, 2.45) is 5.92 Å². The number of carboxylic acid groups (broad SMARTS) is 1. The van der Waals surface area contributed by atoms with Crippen LogP contribution in [-0.4, -0.2) is 69.2 Å². The number of carbonyl (C=O) groups is 3. The molecule has 28 heavy (non-hydrogen) atoms. The third-order valence-corrected chi connectivity index (χ3v) is 4.98. The minimum Gasteiger partial charge on any atom is -0.481 e. The molecular weight excluding hydrogens is 360 g/mol. The molecule has 148 valence electrons. The van der Waals surface area contributed by atoms with Gasteiger partial charge >= 0.3 is 5.97 Å². The molecule has 1 aromatic carbocycles. The van der Waals surface area contributed by atoms with E-state index in [0.29, 0.717) is 19.4 Å². The van der Waals surface area contributed by atoms with Gasteiger partial charge in [-0.3, -0.25) is 14.4 Å². The molecule has 1 atom stereocenters. The van der Waals surface area contributed by atoms with Crippen LogP contribution in [0.25, 0.3) is 5.69 Å². The Morgan fingerprint density at radius 1 is 1.25 bits per heavy atom. The first-order valence-corrected chi connectivity index (χ1v) is 9.27. The molecule has 1 aliphatic rings. The van der Waals surface area contributed by atoms with E-state index in [2.05, 4.69) is 5.10 Å². The fourth-order valence-corrected chi connectivity index (χ4v) is 3.29. The van der Waals surface area contributed by atoms with Gasteiger partial charge in [-0.25, -0.2) is 4.68 Å². The number of aromatic nitrogens is 2. The van der Waals surface area contributed by atoms with Gasteiger partial charge in [-0.1, -0.05) is 12.1 Å². The van der Waals surface area contributed by atoms with Crippen molar-refractivity contribution in [3.63, 3.8) is 0 Å². The Labute approximate surface area is 163 Å². The molecule has 0 bridgehead atoms. The highest BCUT2D eigenvalue weighted by molar-refractivity contribution is 5.86. The Morgan fingerprint density at radius 2 is 2.00 bits per heavy atom. The van der Waals surface area contributed by atoms with Gasteiger partial charge in [-0.15, -0.1) is 0 Å². The lowest BCUT2D eigenvalue weighted by atomic mass is 9.98. The highest BCUT2D eigenvalue weighted by Crippen LogP contribution is 2.17. The topological polar surface area (TPSA) is 95.7 Å². The zero-order valence-electron chi connectivity index (χ0n) is 15.8. The fourth-order valence-electron chi connectivity index (χ4n) is 3.29. The van der Waals surface area contributed by atoms with E-state index in [-0.39, 0.29) is 31.3 Å². The number of likely N-dealkylation sites (tertiary alicyclic amines) is 1. The smallest absolute Gasteiger partial charge is 0.308 e. The third-order valence-electron chi connectivity index (χ3n) is 4.98. The van der Waals surface area contributed by atoms with E-state index in [1.165, 1.54) is 4.90 Å². The largest absolute Gasteiger partial charge is 0.481 e. The molecule has 2 aromatic rings. The zero-order valence-corrected chi connectivity index (χ0v) is 15.8. The fraction of sp³-hybridized carbons (Fsp3) is 0.400. The molecule has 0 saturated carbocycles. The lowest BCUT2D eigenvalue weighted by Crippen LogP contribution is -2.47. The number of piperidine rings is 1. The molecule has 8 heteroatoms. The third kappa shape index (κ3) is 4.76. The molecule has 2 heterocycles. The molecule has 1 N–H and O–H groups in total. The number of nitrogens with zero attached hydrogens (tertiary/aromatic N) is 4. The summed E-state index contributed by atoms with van der Waals surface area (Å²) in [6.45, 7) is 0.709. The lowest BCUT2D eigenvalue weighted by Gasteiger charge is -2.32. The molecule has 1 aliphatic heterocycles. The van der Waals surface area contributed by atoms with Crippen LogP contribution < -0.4 is 0 Å². The Balaban J connectivity index is 1.52. The normalized spacial score (nSPS) is 16.6. The average Bonchev–Trinajstić information content (AvgIpc) is 3.23. The maximum atomic E-state index is 12.5. The monoisotopic (exact) mass is 384 g/mol. The molecule has 1 aromatic heterocycles. The molecule has 1 unspecified atom stereocenters. The summed E-state index contributed by atoms with van der Waals surface area (Å²) < 4.78 is 1.74. The van der Waals surface area contributed by atoms with Gasteiger partial charge in [0.05, 0.1) is 24.6 Å². The van der Waals surface area contributed by atoms with Crippen molar-refractivity contribution in [2.75, 3.05) is 26.7 Å². The summed E-state index contributed by atoms with van der Waals surface area (Å²) in [4.78, 5) is 39.0. The van der Waals surface area contributed by atoms with Gasteiger partial charge < -0.3 is 14.9 Å². The van der Waals surface area contributed by atoms with Crippen LogP contribution in [0.5, 0.6) is 0 Å². The Bertz CT molecular complexity index is 832. The van der Waals surface area contributed by atoms with Crippen molar-refractivity contribution in [3.05, 3.63) is 48.3 Å². The second-order valence-electron chi connectivity index (χ2n) is 7.06. The second kappa shape index (κ2) is 8.69. The van der Waals surface area contributed by atoms with E-state index >= 15 is 0 Å². The number of carboxylic acids is 1. The summed E-state index contributed by atoms with van der Waals surface area (Å²) >= 11 is 0. The average molecular weight is 384 g/mol. The van der Waals surface area contributed by atoms with Crippen molar-refractivity contribution in [3.8, 4) is 5.69 Å². The van der Waals surface area contributed by atoms with E-state index in [4.69, 9.17) is 5.11 Å². The van der Waals surface area contributed by atoms with E-state index in [0.717, 1.165) is 11.3 Å². The van der Waals surface area contributed by atoms with E-state index in [1.807, 2.05) is 36.5 Å². The number of carbonyl (C=O) groups excluding carboxylic acids is 2. The number of hydrogen-bond acceptors (Lipinski definition) is 4. The Kier molecular flexibility index (Phi) is 6.08. The van der Waals surface area contributed by atoms with Gasteiger partial charge in [-0.2, -0.15) is 5.10 Å². The summed E-state index contributed by atoms with van der Waals surface area (Å²) in [7, 11) is 1.59. The van der Waals surface area contributed by atoms with E-state index < -0.39 is 11.9 Å². The van der Waals surface area contributed by atoms with Gasteiger partial charge in [0.1, 0.15) is 0 Å². The number of amides is 2. The Hall–Kier alpha value is -3.16. The number of aliphatic carboxylic acids is 1. The number of benzene rings is 1. The zero-order chi connectivity index (χ0) is 20.1. The predicted molar refractivity (Wildman–Crippen MR) is 102 cm³/mol. The van der Waals surface area contributed by atoms with Crippen LogP contribution in [-0.2, 0) is 20.8 Å². The van der Waals surface area contributed by atoms with Crippen molar-refractivity contribution in [1.82, 2.24) is 19.6 Å². The SMILES string of the molecule is CN(CC(=O)N1CCCC(C(=O)O)C1)C(=O)Cc1ccc(-n2cccn2)cc1. The summed E-state index contributed by atoms with van der Waals surface area (Å²) in [6.07, 6.45) is 4.99. The first-order chi connectivity index (χ1) is 13.4. The minimum atomic E-state index is -0.875. The maximum Gasteiger partial charge on any atom is 0.308 e. The second-order valence-corrected chi connectivity index (χ2v) is 7.06. The number of rotatable bonds is 6. The first kappa shape index (κ1) is 19.6. The van der Waals surface area contributed by atoms with Crippen LogP contribution in [0.3, 0.4) is 0 Å². The summed E-state index contributed by atoms with van der Waals surface area (Å²) in [5.74, 6) is -1.77. The van der Waals surface area contributed by atoms with Crippen molar-refractivity contribution in [2.45, 2.75) is 19.3 Å². The molecule has 1 saturated heterocycles. The van der Waals surface area contributed by atoms with Crippen LogP contribution in [0, 0.1) is 5.92 Å². The van der Waals surface area contributed by atoms with Gasteiger partial charge in [0.2, 0.25) is 11.8 Å². The van der Waals surface area contributed by atoms with Crippen LogP contribution >= 0.6 is 0 Å². The van der Waals surface area contributed by atoms with Gasteiger partial charge in [0, 0.05) is 32.5 Å². The maximum absolute atomic E-state index is 12.5. The Morgan fingerprint density at radius 3 is 2.64 bits per heavy atom. The van der Waals surface area contributed by atoms with E-state index in [9.17, 15) is 14.4 Å². The standard InChI is InChI=1S/C20H24N4O4/c1-22(14-19(26)23-10-2-4-16(13-23)20(27)28)18(25)12-15-5-7-17(8-6-15)24-11-3-9-21-24/h3,5-9,11,16H,2,4,10,12-14H2,1H3,(H,27,28). The van der Waals surface area contributed by atoms with Gasteiger partial charge in [0.15, 0.2) is 0 Å². The van der Waals surface area contributed by atoms with Crippen LogP contribution in [0.15, 0.2) is 42.7 Å². The molecule has 3 rings (SSSR count). The quantitative estimate of drug-likeness (QED) is 0.807. The lowest BCUT2D eigenvalue weighted by molar-refractivity contribution is -0.147. The molecule has 8 nitrogen and oxygen atoms in total. The van der Waals surface area contributed by atoms with E-state index in [1.54, 1.807) is 22.8 Å². The first-order valence-electron chi connectivity index (χ1n) is 9.27.